The second-order valence-electron chi connectivity index (χ2n) is 10.9. The Labute approximate surface area is 225 Å². The number of rotatable bonds is 8. The fourth-order valence-electron chi connectivity index (χ4n) is 4.38. The monoisotopic (exact) mass is 517 g/mol. The topological polar surface area (TPSA) is 87.7 Å². The fraction of sp³-hybridized carbons (Fsp3) is 0.387. The van der Waals surface area contributed by atoms with Gasteiger partial charge in [0.15, 0.2) is 0 Å². The maximum atomic E-state index is 13.9. The summed E-state index contributed by atoms with van der Waals surface area (Å²) in [5.41, 5.74) is 1.60. The number of alkyl carbamates (subject to hydrolysis) is 1. The first-order valence-corrected chi connectivity index (χ1v) is 13.1. The van der Waals surface area contributed by atoms with Crippen molar-refractivity contribution in [1.29, 1.82) is 0 Å². The first-order valence-electron chi connectivity index (χ1n) is 13.1. The summed E-state index contributed by atoms with van der Waals surface area (Å²) in [6, 6.07) is 19.4. The minimum absolute atomic E-state index is 0.231. The molecule has 3 aromatic rings. The van der Waals surface area contributed by atoms with Crippen molar-refractivity contribution >= 4 is 34.4 Å². The predicted molar refractivity (Wildman–Crippen MR) is 152 cm³/mol. The summed E-state index contributed by atoms with van der Waals surface area (Å²) in [4.78, 5) is 41.9. The van der Waals surface area contributed by atoms with Crippen LogP contribution in [0, 0.1) is 12.8 Å². The lowest BCUT2D eigenvalue weighted by molar-refractivity contribution is -0.141. The molecule has 2 N–H and O–H groups in total. The molecule has 0 aromatic heterocycles. The number of aryl methyl sites for hydroxylation is 1. The van der Waals surface area contributed by atoms with Crippen LogP contribution >= 0.6 is 0 Å². The summed E-state index contributed by atoms with van der Waals surface area (Å²) >= 11 is 0. The summed E-state index contributed by atoms with van der Waals surface area (Å²) < 4.78 is 5.40. The Morgan fingerprint density at radius 3 is 2.21 bits per heavy atom. The zero-order valence-corrected chi connectivity index (χ0v) is 23.4. The van der Waals surface area contributed by atoms with Gasteiger partial charge >= 0.3 is 6.09 Å². The van der Waals surface area contributed by atoms with Crippen molar-refractivity contribution in [2.24, 2.45) is 5.92 Å². The molecular formula is C31H39N3O4. The van der Waals surface area contributed by atoms with Crippen LogP contribution in [0.25, 0.3) is 10.8 Å². The number of carbonyl (C=O) groups excluding carboxylic acids is 3. The van der Waals surface area contributed by atoms with Gasteiger partial charge in [-0.2, -0.15) is 0 Å². The molecule has 2 unspecified atom stereocenters. The molecule has 0 saturated carbocycles. The van der Waals surface area contributed by atoms with Crippen molar-refractivity contribution in [3.05, 3.63) is 77.9 Å². The Bertz CT molecular complexity index is 1300. The van der Waals surface area contributed by atoms with Crippen molar-refractivity contribution in [2.75, 3.05) is 11.9 Å². The number of carbonyl (C=O) groups is 3. The number of ether oxygens (including phenoxy) is 1. The van der Waals surface area contributed by atoms with E-state index in [-0.39, 0.29) is 24.3 Å². The molecule has 7 nitrogen and oxygen atoms in total. The lowest BCUT2D eigenvalue weighted by Gasteiger charge is -2.35. The van der Waals surface area contributed by atoms with Crippen LogP contribution in [0.1, 0.15) is 58.7 Å². The molecule has 0 saturated heterocycles. The van der Waals surface area contributed by atoms with Crippen molar-refractivity contribution in [1.82, 2.24) is 10.2 Å². The number of likely N-dealkylation sites (N-methyl/N-ethyl adjacent to an activating group) is 1. The highest BCUT2D eigenvalue weighted by Crippen LogP contribution is 2.27. The van der Waals surface area contributed by atoms with Crippen LogP contribution in [0.15, 0.2) is 66.7 Å². The van der Waals surface area contributed by atoms with E-state index in [1.54, 1.807) is 20.8 Å². The van der Waals surface area contributed by atoms with Crippen LogP contribution in [0.3, 0.4) is 0 Å². The van der Waals surface area contributed by atoms with Crippen molar-refractivity contribution in [3.8, 4) is 0 Å². The largest absolute Gasteiger partial charge is 0.444 e. The van der Waals surface area contributed by atoms with Crippen molar-refractivity contribution in [3.63, 3.8) is 0 Å². The third kappa shape index (κ3) is 7.34. The molecule has 0 fully saturated rings. The van der Waals surface area contributed by atoms with Gasteiger partial charge in [0.05, 0.1) is 0 Å². The van der Waals surface area contributed by atoms with Crippen molar-refractivity contribution < 1.29 is 19.1 Å². The highest BCUT2D eigenvalue weighted by Gasteiger charge is 2.36. The van der Waals surface area contributed by atoms with Gasteiger partial charge in [-0.15, -0.1) is 0 Å². The van der Waals surface area contributed by atoms with Crippen LogP contribution in [-0.2, 0) is 14.3 Å². The molecule has 3 amide bonds. The van der Waals surface area contributed by atoms with Gasteiger partial charge in [-0.3, -0.25) is 9.59 Å². The minimum Gasteiger partial charge on any atom is -0.444 e. The third-order valence-corrected chi connectivity index (χ3v) is 6.16. The van der Waals surface area contributed by atoms with Gasteiger partial charge in [-0.1, -0.05) is 74.0 Å². The van der Waals surface area contributed by atoms with Gasteiger partial charge in [0.1, 0.15) is 17.7 Å². The molecule has 0 radical (unpaired) electrons. The van der Waals surface area contributed by atoms with Gasteiger partial charge in [0, 0.05) is 12.2 Å². The molecule has 202 valence electrons. The minimum atomic E-state index is -0.902. The van der Waals surface area contributed by atoms with Crippen LogP contribution in [-0.4, -0.2) is 41.0 Å². The summed E-state index contributed by atoms with van der Waals surface area (Å²) in [7, 11) is 0. The summed E-state index contributed by atoms with van der Waals surface area (Å²) in [5.74, 6) is -0.917. The number of amides is 3. The van der Waals surface area contributed by atoms with E-state index < -0.39 is 23.8 Å². The predicted octanol–water partition coefficient (Wildman–Crippen LogP) is 6.23. The summed E-state index contributed by atoms with van der Waals surface area (Å²) in [6.07, 6.45) is -0.673. The van der Waals surface area contributed by atoms with Gasteiger partial charge in [-0.25, -0.2) is 4.79 Å². The molecule has 0 bridgehead atoms. The molecule has 2 atom stereocenters. The Kier molecular flexibility index (Phi) is 9.15. The van der Waals surface area contributed by atoms with Gasteiger partial charge in [-0.05, 0) is 69.0 Å². The lowest BCUT2D eigenvalue weighted by atomic mass is 9.98. The van der Waals surface area contributed by atoms with Crippen LogP contribution in [0.4, 0.5) is 10.5 Å². The van der Waals surface area contributed by atoms with Crippen LogP contribution < -0.4 is 10.6 Å². The van der Waals surface area contributed by atoms with E-state index in [2.05, 4.69) is 10.6 Å². The van der Waals surface area contributed by atoms with E-state index in [1.165, 1.54) is 4.90 Å². The lowest BCUT2D eigenvalue weighted by Crippen LogP contribution is -2.54. The zero-order valence-electron chi connectivity index (χ0n) is 23.4. The molecule has 0 aliphatic carbocycles. The second-order valence-corrected chi connectivity index (χ2v) is 10.9. The number of hydrogen-bond donors (Lipinski definition) is 2. The number of benzene rings is 3. The van der Waals surface area contributed by atoms with Crippen LogP contribution in [0.2, 0.25) is 0 Å². The quantitative estimate of drug-likeness (QED) is 0.371. The smallest absolute Gasteiger partial charge is 0.408 e. The van der Waals surface area contributed by atoms with E-state index in [0.29, 0.717) is 11.3 Å². The molecule has 0 aliphatic heterocycles. The Balaban J connectivity index is 1.96. The third-order valence-electron chi connectivity index (χ3n) is 6.16. The highest BCUT2D eigenvalue weighted by molar-refractivity contribution is 6.00. The molecule has 7 heteroatoms. The van der Waals surface area contributed by atoms with E-state index in [4.69, 9.17) is 4.74 Å². The van der Waals surface area contributed by atoms with Gasteiger partial charge < -0.3 is 20.3 Å². The van der Waals surface area contributed by atoms with Gasteiger partial charge in [0.25, 0.3) is 5.91 Å². The first-order chi connectivity index (χ1) is 17.9. The average molecular weight is 518 g/mol. The molecule has 38 heavy (non-hydrogen) atoms. The normalized spacial score (nSPS) is 13.1. The average Bonchev–Trinajstić information content (AvgIpc) is 2.84. The van der Waals surface area contributed by atoms with Crippen molar-refractivity contribution in [2.45, 2.75) is 66.2 Å². The molecule has 0 spiro atoms. The standard InChI is InChI=1S/C31H39N3O4/c1-8-34(29(36)26(20(2)3)33-30(37)38-31(5,6)7)27(24-15-11-12-21(4)18-24)28(35)32-25-17-16-22-13-9-10-14-23(22)19-25/h9-20,26-27H,8H2,1-7H3,(H,32,35)(H,33,37). The first kappa shape index (κ1) is 28.7. The van der Waals surface area contributed by atoms with E-state index in [0.717, 1.165) is 16.3 Å². The second kappa shape index (κ2) is 12.1. The number of nitrogens with zero attached hydrogens (tertiary/aromatic N) is 1. The molecular weight excluding hydrogens is 478 g/mol. The Hall–Kier alpha value is -3.87. The Morgan fingerprint density at radius 1 is 0.921 bits per heavy atom. The van der Waals surface area contributed by atoms with E-state index in [9.17, 15) is 14.4 Å². The maximum Gasteiger partial charge on any atom is 0.408 e. The van der Waals surface area contributed by atoms with Crippen LogP contribution in [0.5, 0.6) is 0 Å². The Morgan fingerprint density at radius 2 is 1.61 bits per heavy atom. The van der Waals surface area contributed by atoms with E-state index in [1.807, 2.05) is 94.4 Å². The highest BCUT2D eigenvalue weighted by atomic mass is 16.6. The van der Waals surface area contributed by atoms with E-state index >= 15 is 0 Å². The SMILES string of the molecule is CCN(C(=O)C(NC(=O)OC(C)(C)C)C(C)C)C(C(=O)Nc1ccc2ccccc2c1)c1cccc(C)c1. The molecule has 0 heterocycles. The molecule has 0 aliphatic rings. The van der Waals surface area contributed by atoms with Gasteiger partial charge in [0.2, 0.25) is 5.91 Å². The number of fused-ring (bicyclic) bond motifs is 1. The molecule has 3 aromatic carbocycles. The molecule has 3 rings (SSSR count). The number of nitrogens with one attached hydrogen (secondary N) is 2. The summed E-state index contributed by atoms with van der Waals surface area (Å²) in [5, 5.41) is 7.82. The number of hydrogen-bond acceptors (Lipinski definition) is 4. The number of anilines is 1. The fourth-order valence-corrected chi connectivity index (χ4v) is 4.38. The summed E-state index contributed by atoms with van der Waals surface area (Å²) in [6.45, 7) is 13.0. The maximum absolute atomic E-state index is 13.9. The zero-order chi connectivity index (χ0) is 28.0.